The van der Waals surface area contributed by atoms with Gasteiger partial charge in [-0.3, -0.25) is 4.31 Å². The van der Waals surface area contributed by atoms with Crippen LogP contribution in [-0.2, 0) is 6.54 Å². The fraction of sp³-hybridized carbons (Fsp3) is 0.467. The number of nitrogens with zero attached hydrogens (tertiary/aromatic N) is 2. The lowest BCUT2D eigenvalue weighted by Gasteiger charge is -2.30. The molecule has 0 radical (unpaired) electrons. The highest BCUT2D eigenvalue weighted by Gasteiger charge is 2.30. The van der Waals surface area contributed by atoms with E-state index in [1.165, 1.54) is 4.57 Å². The molecule has 1 saturated carbocycles. The molecular formula is C30H38F3N5OS. The largest absolute Gasteiger partial charge is 0.495 e. The number of hydrogen-bond acceptors (Lipinski definition) is 6. The predicted molar refractivity (Wildman–Crippen MR) is 159 cm³/mol. The molecule has 3 aromatic rings. The second-order valence-corrected chi connectivity index (χ2v) is 11.5. The first-order chi connectivity index (χ1) is 19.2. The zero-order valence-electron chi connectivity index (χ0n) is 23.5. The number of benzene rings is 2. The highest BCUT2D eigenvalue weighted by Crippen LogP contribution is 2.33. The van der Waals surface area contributed by atoms with E-state index in [4.69, 9.17) is 4.74 Å². The Kier molecular flexibility index (Phi) is 10.2. The maximum absolute atomic E-state index is 13.6. The number of rotatable bonds is 10. The van der Waals surface area contributed by atoms with E-state index in [2.05, 4.69) is 34.7 Å². The number of halogens is 3. The molecule has 0 aliphatic heterocycles. The minimum absolute atomic E-state index is 0.254. The molecule has 1 fully saturated rings. The Morgan fingerprint density at radius 3 is 2.48 bits per heavy atom. The number of ether oxygens (including phenoxy) is 1. The Morgan fingerprint density at radius 2 is 1.80 bits per heavy atom. The van der Waals surface area contributed by atoms with Gasteiger partial charge >= 0.3 is 6.18 Å². The summed E-state index contributed by atoms with van der Waals surface area (Å²) in [5.41, 5.74) is 2.48. The lowest BCUT2D eigenvalue weighted by molar-refractivity contribution is -0.140. The third kappa shape index (κ3) is 8.03. The lowest BCUT2D eigenvalue weighted by Crippen LogP contribution is -2.36. The second-order valence-electron chi connectivity index (χ2n) is 10.1. The smallest absolute Gasteiger partial charge is 0.406 e. The predicted octanol–water partition coefficient (Wildman–Crippen LogP) is 6.58. The van der Waals surface area contributed by atoms with Gasteiger partial charge < -0.3 is 25.3 Å². The highest BCUT2D eigenvalue weighted by atomic mass is 32.2. The van der Waals surface area contributed by atoms with Crippen LogP contribution in [-0.4, -0.2) is 61.4 Å². The van der Waals surface area contributed by atoms with Gasteiger partial charge in [-0.2, -0.15) is 13.2 Å². The van der Waals surface area contributed by atoms with Gasteiger partial charge in [0, 0.05) is 28.1 Å². The quantitative estimate of drug-likeness (QED) is 0.188. The lowest BCUT2D eigenvalue weighted by atomic mass is 9.91. The van der Waals surface area contributed by atoms with Gasteiger partial charge in [0.05, 0.1) is 30.6 Å². The van der Waals surface area contributed by atoms with Gasteiger partial charge in [-0.05, 0) is 101 Å². The average Bonchev–Trinajstić information content (AvgIpc) is 3.24. The van der Waals surface area contributed by atoms with Crippen LogP contribution in [0, 0.1) is 11.8 Å². The molecular weight excluding hydrogens is 535 g/mol. The van der Waals surface area contributed by atoms with Crippen LogP contribution in [0.3, 0.4) is 0 Å². The van der Waals surface area contributed by atoms with Crippen molar-refractivity contribution in [3.63, 3.8) is 0 Å². The molecule has 0 amide bonds. The molecule has 1 aliphatic carbocycles. The summed E-state index contributed by atoms with van der Waals surface area (Å²) in [5.74, 6) is 6.67. The minimum Gasteiger partial charge on any atom is -0.495 e. The first-order valence-corrected chi connectivity index (χ1v) is 14.4. The van der Waals surface area contributed by atoms with E-state index in [0.717, 1.165) is 53.9 Å². The summed E-state index contributed by atoms with van der Waals surface area (Å²) in [6.07, 6.45) is -0.152. The van der Waals surface area contributed by atoms with Crippen molar-refractivity contribution in [1.29, 1.82) is 0 Å². The molecule has 0 spiro atoms. The Morgan fingerprint density at radius 1 is 1.05 bits per heavy atom. The van der Waals surface area contributed by atoms with Gasteiger partial charge in [0.15, 0.2) is 0 Å². The normalized spacial score (nSPS) is 17.5. The zero-order valence-corrected chi connectivity index (χ0v) is 24.3. The van der Waals surface area contributed by atoms with E-state index in [0.29, 0.717) is 29.0 Å². The van der Waals surface area contributed by atoms with Gasteiger partial charge in [0.25, 0.3) is 0 Å². The van der Waals surface area contributed by atoms with Crippen LogP contribution in [0.4, 0.5) is 24.5 Å². The molecule has 1 aliphatic rings. The first-order valence-electron chi connectivity index (χ1n) is 13.6. The summed E-state index contributed by atoms with van der Waals surface area (Å²) in [5, 5.41) is 11.1. The maximum atomic E-state index is 13.6. The molecule has 216 valence electrons. The molecule has 0 atom stereocenters. The summed E-state index contributed by atoms with van der Waals surface area (Å²) in [4.78, 5) is 1.03. The van der Waals surface area contributed by atoms with E-state index in [9.17, 15) is 13.2 Å². The van der Waals surface area contributed by atoms with Gasteiger partial charge in [-0.25, -0.2) is 0 Å². The van der Waals surface area contributed by atoms with Crippen molar-refractivity contribution in [3.05, 3.63) is 48.2 Å². The number of nitrogens with one attached hydrogen (secondary N) is 3. The van der Waals surface area contributed by atoms with Crippen molar-refractivity contribution in [2.24, 2.45) is 0 Å². The number of anilines is 2. The topological polar surface area (TPSA) is 53.5 Å². The third-order valence-electron chi connectivity index (χ3n) is 6.91. The average molecular weight is 574 g/mol. The minimum atomic E-state index is -4.37. The van der Waals surface area contributed by atoms with Crippen LogP contribution in [0.1, 0.15) is 38.3 Å². The maximum Gasteiger partial charge on any atom is 0.406 e. The Labute approximate surface area is 239 Å². The Balaban J connectivity index is 1.53. The highest BCUT2D eigenvalue weighted by molar-refractivity contribution is 7.97. The van der Waals surface area contributed by atoms with Gasteiger partial charge in [-0.15, -0.1) is 0 Å². The SMILES string of the molecule is CCNC1CCC(Nc2cccc3c2cc(C#CCNc2ccc(SN(C)C)cc2OC)n3CC(F)(F)F)CC1. The van der Waals surface area contributed by atoms with Crippen molar-refractivity contribution in [1.82, 2.24) is 14.2 Å². The first kappa shape index (κ1) is 30.0. The zero-order chi connectivity index (χ0) is 28.7. The number of fused-ring (bicyclic) bond motifs is 1. The molecule has 2 aromatic carbocycles. The number of methoxy groups -OCH3 is 1. The van der Waals surface area contributed by atoms with Crippen molar-refractivity contribution in [2.75, 3.05) is 44.9 Å². The van der Waals surface area contributed by atoms with Crippen molar-refractivity contribution < 1.29 is 17.9 Å². The molecule has 1 heterocycles. The monoisotopic (exact) mass is 573 g/mol. The van der Waals surface area contributed by atoms with Crippen LogP contribution in [0.25, 0.3) is 10.9 Å². The van der Waals surface area contributed by atoms with Crippen LogP contribution in [0.15, 0.2) is 47.4 Å². The van der Waals surface area contributed by atoms with Gasteiger partial charge in [0.2, 0.25) is 0 Å². The standard InChI is InChI=1S/C30H38F3N5OS/c1-5-34-21-11-13-22(14-12-21)36-26-9-6-10-28-25(26)18-23(38(28)20-30(31,32)33)8-7-17-35-27-16-15-24(40-37(2)3)19-29(27)39-4/h6,9-10,15-16,18-19,21-22,34-36H,5,11-14,17,20H2,1-4H3. The summed E-state index contributed by atoms with van der Waals surface area (Å²) >= 11 is 1.58. The Hall–Kier alpha value is -3.00. The van der Waals surface area contributed by atoms with Crippen LogP contribution in [0.2, 0.25) is 0 Å². The molecule has 40 heavy (non-hydrogen) atoms. The van der Waals surface area contributed by atoms with E-state index in [1.807, 2.05) is 48.7 Å². The van der Waals surface area contributed by atoms with E-state index in [-0.39, 0.29) is 6.54 Å². The number of aromatic nitrogens is 1. The summed E-state index contributed by atoms with van der Waals surface area (Å²) < 4.78 is 49.5. The number of hydrogen-bond donors (Lipinski definition) is 3. The van der Waals surface area contributed by atoms with E-state index >= 15 is 0 Å². The van der Waals surface area contributed by atoms with Crippen molar-refractivity contribution in [3.8, 4) is 17.6 Å². The van der Waals surface area contributed by atoms with Gasteiger partial charge in [0.1, 0.15) is 12.3 Å². The van der Waals surface area contributed by atoms with Gasteiger partial charge in [-0.1, -0.05) is 18.9 Å². The molecule has 1 aromatic heterocycles. The molecule has 3 N–H and O–H groups in total. The summed E-state index contributed by atoms with van der Waals surface area (Å²) in [6, 6.07) is 13.9. The van der Waals surface area contributed by atoms with Crippen LogP contribution < -0.4 is 20.7 Å². The summed E-state index contributed by atoms with van der Waals surface area (Å²) in [6.45, 7) is 2.24. The molecule has 10 heteroatoms. The molecule has 0 saturated heterocycles. The van der Waals surface area contributed by atoms with Crippen molar-refractivity contribution >= 4 is 34.2 Å². The van der Waals surface area contributed by atoms with E-state index < -0.39 is 12.7 Å². The fourth-order valence-electron chi connectivity index (χ4n) is 5.17. The van der Waals surface area contributed by atoms with Crippen LogP contribution >= 0.6 is 11.9 Å². The summed E-state index contributed by atoms with van der Waals surface area (Å²) in [7, 11) is 5.53. The third-order valence-corrected chi connectivity index (χ3v) is 7.74. The Bertz CT molecular complexity index is 1340. The molecule has 0 unspecified atom stereocenters. The molecule has 0 bridgehead atoms. The molecule has 4 rings (SSSR count). The second kappa shape index (κ2) is 13.6. The molecule has 6 nitrogen and oxygen atoms in total. The van der Waals surface area contributed by atoms with Crippen molar-refractivity contribution in [2.45, 2.75) is 62.3 Å². The van der Waals surface area contributed by atoms with Crippen LogP contribution in [0.5, 0.6) is 5.75 Å². The van der Waals surface area contributed by atoms with E-state index in [1.54, 1.807) is 31.2 Å². The number of alkyl halides is 3. The fourth-order valence-corrected chi connectivity index (χ4v) is 5.88.